The van der Waals surface area contributed by atoms with Crippen molar-refractivity contribution in [1.82, 2.24) is 10.2 Å². The Labute approximate surface area is 176 Å². The van der Waals surface area contributed by atoms with Crippen molar-refractivity contribution in [1.29, 1.82) is 0 Å². The average molecular weight is 437 g/mol. The zero-order valence-corrected chi connectivity index (χ0v) is 17.4. The van der Waals surface area contributed by atoms with Crippen molar-refractivity contribution in [2.75, 3.05) is 26.2 Å². The standard InChI is InChI=1S/C20H23F3N2O.2ClH/c1-14-3-8-18(15(2)13-14)19(25-11-9-24-10-12-25)16-4-6-17(7-5-16)26-20(21,22)23;;/h3-8,13,19,24H,9-12H2,1-2H3;2*1H/t19-;;/m1../s1. The lowest BCUT2D eigenvalue weighted by molar-refractivity contribution is -0.274. The summed E-state index contributed by atoms with van der Waals surface area (Å²) in [5, 5.41) is 3.34. The van der Waals surface area contributed by atoms with Crippen LogP contribution >= 0.6 is 24.8 Å². The summed E-state index contributed by atoms with van der Waals surface area (Å²) in [6.07, 6.45) is -4.67. The van der Waals surface area contributed by atoms with Crippen molar-refractivity contribution < 1.29 is 17.9 Å². The fraction of sp³-hybridized carbons (Fsp3) is 0.400. The number of halogens is 5. The Balaban J connectivity index is 0.00000196. The Bertz CT molecular complexity index is 748. The molecule has 1 N–H and O–H groups in total. The van der Waals surface area contributed by atoms with Gasteiger partial charge < -0.3 is 10.1 Å². The van der Waals surface area contributed by atoms with Crippen LogP contribution in [0.25, 0.3) is 0 Å². The second-order valence-corrected chi connectivity index (χ2v) is 6.67. The molecule has 0 radical (unpaired) electrons. The van der Waals surface area contributed by atoms with Gasteiger partial charge in [-0.2, -0.15) is 0 Å². The van der Waals surface area contributed by atoms with Crippen molar-refractivity contribution in [3.63, 3.8) is 0 Å². The number of ether oxygens (including phenoxy) is 1. The molecule has 1 aliphatic rings. The molecule has 0 bridgehead atoms. The van der Waals surface area contributed by atoms with E-state index in [1.165, 1.54) is 28.8 Å². The lowest BCUT2D eigenvalue weighted by Gasteiger charge is -2.36. The molecule has 1 atom stereocenters. The molecule has 0 aromatic heterocycles. The highest BCUT2D eigenvalue weighted by Gasteiger charge is 2.31. The van der Waals surface area contributed by atoms with Gasteiger partial charge in [-0.3, -0.25) is 4.90 Å². The van der Waals surface area contributed by atoms with Crippen molar-refractivity contribution in [3.05, 3.63) is 64.7 Å². The molecule has 2 aromatic rings. The van der Waals surface area contributed by atoms with Gasteiger partial charge in [0.2, 0.25) is 0 Å². The Hall–Kier alpha value is -1.47. The highest BCUT2D eigenvalue weighted by Crippen LogP contribution is 2.33. The number of piperazine rings is 1. The predicted octanol–water partition coefficient (Wildman–Crippen LogP) is 5.04. The lowest BCUT2D eigenvalue weighted by atomic mass is 9.92. The first-order chi connectivity index (χ1) is 12.3. The summed E-state index contributed by atoms with van der Waals surface area (Å²) in [5.41, 5.74) is 4.53. The molecule has 1 aliphatic heterocycles. The van der Waals surface area contributed by atoms with E-state index < -0.39 is 6.36 Å². The first kappa shape index (κ1) is 24.6. The topological polar surface area (TPSA) is 24.5 Å². The van der Waals surface area contributed by atoms with E-state index in [0.29, 0.717) is 0 Å². The number of benzene rings is 2. The number of nitrogens with one attached hydrogen (secondary N) is 1. The van der Waals surface area contributed by atoms with Crippen LogP contribution in [0.1, 0.15) is 28.3 Å². The van der Waals surface area contributed by atoms with Crippen LogP contribution in [0.2, 0.25) is 0 Å². The van der Waals surface area contributed by atoms with E-state index in [9.17, 15) is 13.2 Å². The van der Waals surface area contributed by atoms with Gasteiger partial charge >= 0.3 is 6.36 Å². The molecule has 0 spiro atoms. The molecule has 0 unspecified atom stereocenters. The molecule has 1 fully saturated rings. The van der Waals surface area contributed by atoms with Gasteiger partial charge in [-0.1, -0.05) is 35.9 Å². The van der Waals surface area contributed by atoms with Gasteiger partial charge in [0.25, 0.3) is 0 Å². The van der Waals surface area contributed by atoms with E-state index in [1.54, 1.807) is 12.1 Å². The van der Waals surface area contributed by atoms with E-state index in [0.717, 1.165) is 31.7 Å². The fourth-order valence-electron chi connectivity index (χ4n) is 3.51. The summed E-state index contributed by atoms with van der Waals surface area (Å²) >= 11 is 0. The first-order valence-corrected chi connectivity index (χ1v) is 8.71. The number of hydrogen-bond donors (Lipinski definition) is 1. The Morgan fingerprint density at radius 2 is 1.57 bits per heavy atom. The number of nitrogens with zero attached hydrogens (tertiary/aromatic N) is 1. The molecule has 1 saturated heterocycles. The van der Waals surface area contributed by atoms with Crippen LogP contribution in [0.4, 0.5) is 13.2 Å². The van der Waals surface area contributed by atoms with Crippen LogP contribution < -0.4 is 10.1 Å². The molecule has 0 saturated carbocycles. The molecule has 8 heteroatoms. The van der Waals surface area contributed by atoms with E-state index in [1.807, 2.05) is 0 Å². The molecule has 1 heterocycles. The smallest absolute Gasteiger partial charge is 0.406 e. The average Bonchev–Trinajstić information content (AvgIpc) is 2.58. The first-order valence-electron chi connectivity index (χ1n) is 8.71. The summed E-state index contributed by atoms with van der Waals surface area (Å²) in [4.78, 5) is 2.37. The Morgan fingerprint density at radius 1 is 0.964 bits per heavy atom. The number of hydrogen-bond acceptors (Lipinski definition) is 3. The number of aryl methyl sites for hydroxylation is 2. The van der Waals surface area contributed by atoms with Crippen molar-refractivity contribution in [2.24, 2.45) is 0 Å². The second kappa shape index (κ2) is 10.3. The summed E-state index contributed by atoms with van der Waals surface area (Å²) in [7, 11) is 0. The molecule has 156 valence electrons. The lowest BCUT2D eigenvalue weighted by Crippen LogP contribution is -2.45. The minimum atomic E-state index is -4.67. The third kappa shape index (κ3) is 6.27. The number of alkyl halides is 3. The molecule has 2 aromatic carbocycles. The van der Waals surface area contributed by atoms with E-state index in [-0.39, 0.29) is 36.6 Å². The zero-order valence-electron chi connectivity index (χ0n) is 15.8. The minimum absolute atomic E-state index is 0. The fourth-order valence-corrected chi connectivity index (χ4v) is 3.51. The van der Waals surface area contributed by atoms with Crippen molar-refractivity contribution in [3.8, 4) is 5.75 Å². The highest BCUT2D eigenvalue weighted by atomic mass is 35.5. The van der Waals surface area contributed by atoms with Crippen LogP contribution in [-0.2, 0) is 0 Å². The van der Waals surface area contributed by atoms with Crippen LogP contribution in [0, 0.1) is 13.8 Å². The molecule has 3 nitrogen and oxygen atoms in total. The van der Waals surface area contributed by atoms with Crippen LogP contribution in [0.3, 0.4) is 0 Å². The van der Waals surface area contributed by atoms with Gasteiger partial charge in [-0.25, -0.2) is 0 Å². The maximum Gasteiger partial charge on any atom is 0.573 e. The maximum absolute atomic E-state index is 12.4. The Morgan fingerprint density at radius 3 is 2.11 bits per heavy atom. The molecular weight excluding hydrogens is 412 g/mol. The molecule has 3 rings (SSSR count). The third-order valence-corrected chi connectivity index (χ3v) is 4.67. The largest absolute Gasteiger partial charge is 0.573 e. The van der Waals surface area contributed by atoms with Crippen molar-refractivity contribution in [2.45, 2.75) is 26.3 Å². The Kier molecular flexibility index (Phi) is 9.08. The van der Waals surface area contributed by atoms with Crippen molar-refractivity contribution >= 4 is 24.8 Å². The maximum atomic E-state index is 12.4. The zero-order chi connectivity index (χ0) is 18.7. The molecule has 0 aliphatic carbocycles. The van der Waals surface area contributed by atoms with Gasteiger partial charge in [-0.05, 0) is 42.7 Å². The molecule has 0 amide bonds. The number of rotatable bonds is 4. The highest BCUT2D eigenvalue weighted by molar-refractivity contribution is 5.85. The second-order valence-electron chi connectivity index (χ2n) is 6.67. The van der Waals surface area contributed by atoms with E-state index >= 15 is 0 Å². The van der Waals surface area contributed by atoms with Gasteiger partial charge in [0.15, 0.2) is 0 Å². The van der Waals surface area contributed by atoms with Gasteiger partial charge in [0.1, 0.15) is 5.75 Å². The van der Waals surface area contributed by atoms with Crippen LogP contribution in [0.15, 0.2) is 42.5 Å². The normalized spacial score (nSPS) is 15.9. The predicted molar refractivity (Wildman–Crippen MR) is 110 cm³/mol. The summed E-state index contributed by atoms with van der Waals surface area (Å²) in [6.45, 7) is 7.71. The molecule has 28 heavy (non-hydrogen) atoms. The summed E-state index contributed by atoms with van der Waals surface area (Å²) in [6, 6.07) is 12.6. The van der Waals surface area contributed by atoms with Gasteiger partial charge in [-0.15, -0.1) is 38.0 Å². The van der Waals surface area contributed by atoms with E-state index in [4.69, 9.17) is 0 Å². The van der Waals surface area contributed by atoms with Crippen LogP contribution in [0.5, 0.6) is 5.75 Å². The summed E-state index contributed by atoms with van der Waals surface area (Å²) < 4.78 is 41.2. The summed E-state index contributed by atoms with van der Waals surface area (Å²) in [5.74, 6) is -0.194. The quantitative estimate of drug-likeness (QED) is 0.726. The van der Waals surface area contributed by atoms with Gasteiger partial charge in [0.05, 0.1) is 6.04 Å². The van der Waals surface area contributed by atoms with Crippen LogP contribution in [-0.4, -0.2) is 37.4 Å². The third-order valence-electron chi connectivity index (χ3n) is 4.67. The minimum Gasteiger partial charge on any atom is -0.406 e. The SMILES string of the molecule is Cc1ccc([C@@H](c2ccc(OC(F)(F)F)cc2)N2CCNCC2)c(C)c1.Cl.Cl. The van der Waals surface area contributed by atoms with Gasteiger partial charge in [0, 0.05) is 26.2 Å². The van der Waals surface area contributed by atoms with E-state index in [2.05, 4.69) is 47.0 Å². The monoisotopic (exact) mass is 436 g/mol. The molecular formula is C20H25Cl2F3N2O.